The summed E-state index contributed by atoms with van der Waals surface area (Å²) in [5.41, 5.74) is 5.37. The molecule has 0 aliphatic carbocycles. The second-order valence-corrected chi connectivity index (χ2v) is 5.31. The third-order valence-electron chi connectivity index (χ3n) is 2.43. The molecule has 1 aromatic rings. The molecular formula is C13H19BrCl2N2O2. The number of unbranched alkanes of at least 4 members (excludes halogenated alkanes) is 1. The van der Waals surface area contributed by atoms with Crippen LogP contribution in [0.5, 0.6) is 5.75 Å². The van der Waals surface area contributed by atoms with Crippen LogP contribution in [0.25, 0.3) is 0 Å². The number of halogens is 3. The van der Waals surface area contributed by atoms with E-state index in [2.05, 4.69) is 21.2 Å². The molecule has 4 nitrogen and oxygen atoms in total. The number of nitrogens with one attached hydrogen (secondary N) is 1. The fourth-order valence-corrected chi connectivity index (χ4v) is 2.23. The first kappa shape index (κ1) is 19.5. The highest BCUT2D eigenvalue weighted by Crippen LogP contribution is 2.27. The molecule has 0 aliphatic rings. The SMILES string of the molecule is Cl.NCCCCNC(=O)CCOc1ccc(Cl)cc1Br. The molecule has 3 N–H and O–H groups in total. The van der Waals surface area contributed by atoms with Crippen LogP contribution < -0.4 is 15.8 Å². The zero-order valence-corrected chi connectivity index (χ0v) is 14.2. The minimum atomic E-state index is -0.0119. The van der Waals surface area contributed by atoms with Gasteiger partial charge in [-0.25, -0.2) is 0 Å². The molecule has 7 heteroatoms. The Morgan fingerprint density at radius 2 is 2.15 bits per heavy atom. The maximum absolute atomic E-state index is 11.5. The van der Waals surface area contributed by atoms with Gasteiger partial charge >= 0.3 is 0 Å². The molecule has 0 fully saturated rings. The van der Waals surface area contributed by atoms with Gasteiger partial charge in [-0.2, -0.15) is 0 Å². The minimum Gasteiger partial charge on any atom is -0.492 e. The summed E-state index contributed by atoms with van der Waals surface area (Å²) in [5.74, 6) is 0.669. The molecule has 0 atom stereocenters. The molecule has 1 aromatic carbocycles. The Bertz CT molecular complexity index is 419. The standard InChI is InChI=1S/C13H18BrClN2O2.ClH/c14-11-9-10(15)3-4-12(11)19-8-5-13(18)17-7-2-1-6-16;/h3-4,9H,1-2,5-8,16H2,(H,17,18);1H. The van der Waals surface area contributed by atoms with Gasteiger partial charge in [-0.05, 0) is 53.5 Å². The quantitative estimate of drug-likeness (QED) is 0.675. The zero-order chi connectivity index (χ0) is 14.1. The molecule has 0 saturated carbocycles. The number of carbonyl (C=O) groups is 1. The fourth-order valence-electron chi connectivity index (χ4n) is 1.43. The highest BCUT2D eigenvalue weighted by Gasteiger charge is 2.04. The molecule has 0 heterocycles. The van der Waals surface area contributed by atoms with Crippen LogP contribution in [0.15, 0.2) is 22.7 Å². The topological polar surface area (TPSA) is 64.3 Å². The highest BCUT2D eigenvalue weighted by molar-refractivity contribution is 9.10. The van der Waals surface area contributed by atoms with E-state index in [0.29, 0.717) is 36.9 Å². The molecule has 1 amide bonds. The van der Waals surface area contributed by atoms with Crippen molar-refractivity contribution in [3.63, 3.8) is 0 Å². The molecule has 0 saturated heterocycles. The summed E-state index contributed by atoms with van der Waals surface area (Å²) in [6.45, 7) is 1.66. The first-order chi connectivity index (χ1) is 9.13. The van der Waals surface area contributed by atoms with E-state index >= 15 is 0 Å². The summed E-state index contributed by atoms with van der Waals surface area (Å²) in [7, 11) is 0. The third kappa shape index (κ3) is 7.94. The Kier molecular flexibility index (Phi) is 10.9. The lowest BCUT2D eigenvalue weighted by atomic mass is 10.3. The van der Waals surface area contributed by atoms with Crippen molar-refractivity contribution in [2.75, 3.05) is 19.7 Å². The zero-order valence-electron chi connectivity index (χ0n) is 11.0. The van der Waals surface area contributed by atoms with Gasteiger partial charge in [0.05, 0.1) is 17.5 Å². The second-order valence-electron chi connectivity index (χ2n) is 4.02. The molecule has 0 aliphatic heterocycles. The summed E-state index contributed by atoms with van der Waals surface area (Å²) in [6.07, 6.45) is 2.16. The van der Waals surface area contributed by atoms with Crippen molar-refractivity contribution >= 4 is 45.8 Å². The Hall–Kier alpha value is -0.490. The number of carbonyl (C=O) groups excluding carboxylic acids is 1. The third-order valence-corrected chi connectivity index (χ3v) is 3.29. The van der Waals surface area contributed by atoms with Gasteiger partial charge in [0.15, 0.2) is 0 Å². The van der Waals surface area contributed by atoms with Crippen molar-refractivity contribution in [2.45, 2.75) is 19.3 Å². The molecule has 0 bridgehead atoms. The predicted octanol–water partition coefficient (Wildman–Crippen LogP) is 3.15. The smallest absolute Gasteiger partial charge is 0.223 e. The maximum atomic E-state index is 11.5. The van der Waals surface area contributed by atoms with Gasteiger partial charge < -0.3 is 15.8 Å². The van der Waals surface area contributed by atoms with Crippen LogP contribution in [0.4, 0.5) is 0 Å². The van der Waals surface area contributed by atoms with E-state index in [9.17, 15) is 4.79 Å². The van der Waals surface area contributed by atoms with Gasteiger partial charge in [0, 0.05) is 11.6 Å². The molecule has 1 rings (SSSR count). The molecule has 0 unspecified atom stereocenters. The molecule has 20 heavy (non-hydrogen) atoms. The van der Waals surface area contributed by atoms with E-state index in [1.165, 1.54) is 0 Å². The second kappa shape index (κ2) is 11.2. The van der Waals surface area contributed by atoms with Gasteiger partial charge in [-0.3, -0.25) is 4.79 Å². The molecule has 0 radical (unpaired) electrons. The Balaban J connectivity index is 0.00000361. The van der Waals surface area contributed by atoms with E-state index in [0.717, 1.165) is 17.3 Å². The normalized spacial score (nSPS) is 9.75. The number of hydrogen-bond acceptors (Lipinski definition) is 3. The predicted molar refractivity (Wildman–Crippen MR) is 87.8 cm³/mol. The van der Waals surface area contributed by atoms with E-state index in [1.54, 1.807) is 18.2 Å². The lowest BCUT2D eigenvalue weighted by Crippen LogP contribution is -2.26. The van der Waals surface area contributed by atoms with Crippen LogP contribution in [0.2, 0.25) is 5.02 Å². The first-order valence-corrected chi connectivity index (χ1v) is 7.35. The number of benzene rings is 1. The van der Waals surface area contributed by atoms with Crippen molar-refractivity contribution < 1.29 is 9.53 Å². The first-order valence-electron chi connectivity index (χ1n) is 6.18. The summed E-state index contributed by atoms with van der Waals surface area (Å²) in [6, 6.07) is 5.27. The van der Waals surface area contributed by atoms with Crippen LogP contribution in [0.3, 0.4) is 0 Å². The van der Waals surface area contributed by atoms with Gasteiger partial charge in [0.2, 0.25) is 5.91 Å². The lowest BCUT2D eigenvalue weighted by molar-refractivity contribution is -0.121. The maximum Gasteiger partial charge on any atom is 0.223 e. The van der Waals surface area contributed by atoms with Crippen LogP contribution >= 0.6 is 39.9 Å². The van der Waals surface area contributed by atoms with E-state index in [1.807, 2.05) is 0 Å². The Morgan fingerprint density at radius 1 is 1.40 bits per heavy atom. The summed E-state index contributed by atoms with van der Waals surface area (Å²) < 4.78 is 6.28. The molecule has 0 aromatic heterocycles. The van der Waals surface area contributed by atoms with Gasteiger partial charge in [-0.1, -0.05) is 11.6 Å². The van der Waals surface area contributed by atoms with Crippen molar-refractivity contribution in [2.24, 2.45) is 5.73 Å². The monoisotopic (exact) mass is 384 g/mol. The number of ether oxygens (including phenoxy) is 1. The molecular weight excluding hydrogens is 367 g/mol. The van der Waals surface area contributed by atoms with E-state index in [4.69, 9.17) is 22.1 Å². The average Bonchev–Trinajstić information content (AvgIpc) is 2.37. The van der Waals surface area contributed by atoms with Gasteiger partial charge in [0.1, 0.15) is 5.75 Å². The summed E-state index contributed by atoms with van der Waals surface area (Å²) in [4.78, 5) is 11.5. The Labute approximate surface area is 138 Å². The molecule has 0 spiro atoms. The summed E-state index contributed by atoms with van der Waals surface area (Å²) in [5, 5.41) is 3.46. The van der Waals surface area contributed by atoms with Crippen LogP contribution in [-0.2, 0) is 4.79 Å². The number of amides is 1. The van der Waals surface area contributed by atoms with Crippen LogP contribution in [0, 0.1) is 0 Å². The van der Waals surface area contributed by atoms with Gasteiger partial charge in [-0.15, -0.1) is 12.4 Å². The Morgan fingerprint density at radius 3 is 2.80 bits per heavy atom. The fraction of sp³-hybridized carbons (Fsp3) is 0.462. The van der Waals surface area contributed by atoms with Crippen molar-refractivity contribution in [3.8, 4) is 5.75 Å². The number of rotatable bonds is 8. The van der Waals surface area contributed by atoms with Crippen molar-refractivity contribution in [1.82, 2.24) is 5.32 Å². The summed E-state index contributed by atoms with van der Waals surface area (Å²) >= 11 is 9.18. The van der Waals surface area contributed by atoms with Crippen molar-refractivity contribution in [1.29, 1.82) is 0 Å². The number of hydrogen-bond donors (Lipinski definition) is 2. The van der Waals surface area contributed by atoms with Gasteiger partial charge in [0.25, 0.3) is 0 Å². The van der Waals surface area contributed by atoms with Crippen molar-refractivity contribution in [3.05, 3.63) is 27.7 Å². The van der Waals surface area contributed by atoms with E-state index < -0.39 is 0 Å². The van der Waals surface area contributed by atoms with Crippen LogP contribution in [-0.4, -0.2) is 25.6 Å². The highest BCUT2D eigenvalue weighted by atomic mass is 79.9. The minimum absolute atomic E-state index is 0. The number of nitrogens with two attached hydrogens (primary N) is 1. The van der Waals surface area contributed by atoms with E-state index in [-0.39, 0.29) is 18.3 Å². The van der Waals surface area contributed by atoms with Crippen LogP contribution in [0.1, 0.15) is 19.3 Å². The average molecular weight is 386 g/mol. The molecule has 114 valence electrons. The largest absolute Gasteiger partial charge is 0.492 e. The lowest BCUT2D eigenvalue weighted by Gasteiger charge is -2.08.